The van der Waals surface area contributed by atoms with E-state index in [0.29, 0.717) is 16.4 Å². The van der Waals surface area contributed by atoms with Crippen molar-refractivity contribution in [3.8, 4) is 5.75 Å². The Morgan fingerprint density at radius 3 is 1.94 bits per heavy atom. The molecule has 1 aromatic carbocycles. The number of amides is 1. The summed E-state index contributed by atoms with van der Waals surface area (Å²) in [4.78, 5) is 12.6. The SMILES string of the molecule is CCCCCCCCCCCCCCCCNC(=S)NC(=O)c1cc(Br)ccc1OC(C)C. The third-order valence-electron chi connectivity index (χ3n) is 5.59. The Morgan fingerprint density at radius 2 is 1.42 bits per heavy atom. The summed E-state index contributed by atoms with van der Waals surface area (Å²) in [7, 11) is 0. The van der Waals surface area contributed by atoms with Gasteiger partial charge in [0.1, 0.15) is 5.75 Å². The number of benzene rings is 1. The number of halogens is 1. The first kappa shape index (κ1) is 29.9. The van der Waals surface area contributed by atoms with Crippen LogP contribution in [0.1, 0.15) is 121 Å². The zero-order valence-electron chi connectivity index (χ0n) is 21.0. The molecule has 0 radical (unpaired) electrons. The number of rotatable bonds is 18. The Labute approximate surface area is 216 Å². The van der Waals surface area contributed by atoms with E-state index >= 15 is 0 Å². The van der Waals surface area contributed by atoms with Gasteiger partial charge in [0.2, 0.25) is 0 Å². The first-order valence-electron chi connectivity index (χ1n) is 13.0. The molecule has 0 saturated heterocycles. The van der Waals surface area contributed by atoms with Gasteiger partial charge in [-0.3, -0.25) is 10.1 Å². The molecule has 0 bridgehead atoms. The molecule has 0 atom stereocenters. The van der Waals surface area contributed by atoms with E-state index in [1.165, 1.54) is 83.5 Å². The minimum Gasteiger partial charge on any atom is -0.490 e. The Hall–Kier alpha value is -1.14. The van der Waals surface area contributed by atoms with E-state index in [0.717, 1.165) is 17.4 Å². The summed E-state index contributed by atoms with van der Waals surface area (Å²) in [5, 5.41) is 6.28. The number of ether oxygens (including phenoxy) is 1. The standard InChI is InChI=1S/C27H45BrN2O2S/c1-4-5-6-7-8-9-10-11-12-13-14-15-16-17-20-29-27(33)30-26(31)24-21-23(28)18-19-25(24)32-22(2)3/h18-19,21-22H,4-17,20H2,1-3H3,(H2,29,30,31,33). The van der Waals surface area contributed by atoms with E-state index in [4.69, 9.17) is 17.0 Å². The van der Waals surface area contributed by atoms with Gasteiger partial charge in [-0.2, -0.15) is 0 Å². The van der Waals surface area contributed by atoms with E-state index in [1.807, 2.05) is 19.9 Å². The molecule has 0 aliphatic carbocycles. The van der Waals surface area contributed by atoms with Crippen molar-refractivity contribution in [1.29, 1.82) is 0 Å². The van der Waals surface area contributed by atoms with Crippen LogP contribution in [0.4, 0.5) is 0 Å². The summed E-state index contributed by atoms with van der Waals surface area (Å²) in [5.74, 6) is 0.297. The number of hydrogen-bond acceptors (Lipinski definition) is 3. The summed E-state index contributed by atoms with van der Waals surface area (Å²) in [5.41, 5.74) is 0.471. The van der Waals surface area contributed by atoms with Gasteiger partial charge < -0.3 is 10.1 Å². The lowest BCUT2D eigenvalue weighted by Crippen LogP contribution is -2.39. The van der Waals surface area contributed by atoms with Gasteiger partial charge in [-0.15, -0.1) is 0 Å². The van der Waals surface area contributed by atoms with E-state index in [2.05, 4.69) is 33.5 Å². The molecule has 0 saturated carbocycles. The highest BCUT2D eigenvalue weighted by molar-refractivity contribution is 9.10. The molecule has 0 unspecified atom stereocenters. The van der Waals surface area contributed by atoms with Gasteiger partial charge in [0.05, 0.1) is 11.7 Å². The second-order valence-corrected chi connectivity index (χ2v) is 10.4. The van der Waals surface area contributed by atoms with Crippen LogP contribution in [0.25, 0.3) is 0 Å². The molecule has 1 rings (SSSR count). The van der Waals surface area contributed by atoms with E-state index in [-0.39, 0.29) is 12.0 Å². The molecule has 2 N–H and O–H groups in total. The van der Waals surface area contributed by atoms with Gasteiger partial charge >= 0.3 is 0 Å². The molecular weight excluding hydrogens is 496 g/mol. The average molecular weight is 542 g/mol. The maximum absolute atomic E-state index is 12.6. The van der Waals surface area contributed by atoms with Gasteiger partial charge in [0.15, 0.2) is 5.11 Å². The summed E-state index contributed by atoms with van der Waals surface area (Å²) in [6, 6.07) is 5.41. The van der Waals surface area contributed by atoms with Crippen LogP contribution in [-0.4, -0.2) is 23.7 Å². The van der Waals surface area contributed by atoms with Crippen molar-refractivity contribution in [2.75, 3.05) is 6.54 Å². The molecule has 1 amide bonds. The number of nitrogens with one attached hydrogen (secondary N) is 2. The predicted octanol–water partition coefficient (Wildman–Crippen LogP) is 8.32. The minimum atomic E-state index is -0.259. The fraction of sp³-hybridized carbons (Fsp3) is 0.704. The van der Waals surface area contributed by atoms with Crippen molar-refractivity contribution < 1.29 is 9.53 Å². The van der Waals surface area contributed by atoms with Crippen molar-refractivity contribution in [1.82, 2.24) is 10.6 Å². The van der Waals surface area contributed by atoms with Crippen LogP contribution in [0, 0.1) is 0 Å². The molecule has 1 aromatic rings. The lowest BCUT2D eigenvalue weighted by Gasteiger charge is -2.15. The molecule has 6 heteroatoms. The van der Waals surface area contributed by atoms with Crippen LogP contribution in [0.2, 0.25) is 0 Å². The molecule has 0 fully saturated rings. The van der Waals surface area contributed by atoms with E-state index < -0.39 is 0 Å². The monoisotopic (exact) mass is 540 g/mol. The maximum atomic E-state index is 12.6. The Balaban J connectivity index is 2.06. The largest absolute Gasteiger partial charge is 0.490 e. The van der Waals surface area contributed by atoms with E-state index in [9.17, 15) is 4.79 Å². The van der Waals surface area contributed by atoms with Crippen molar-refractivity contribution in [2.45, 2.75) is 117 Å². The number of unbranched alkanes of at least 4 members (excludes halogenated alkanes) is 13. The second-order valence-electron chi connectivity index (χ2n) is 9.11. The van der Waals surface area contributed by atoms with Gasteiger partial charge in [0, 0.05) is 11.0 Å². The summed E-state index contributed by atoms with van der Waals surface area (Å²) < 4.78 is 6.57. The first-order valence-corrected chi connectivity index (χ1v) is 14.2. The van der Waals surface area contributed by atoms with Crippen LogP contribution in [0.5, 0.6) is 5.75 Å². The van der Waals surface area contributed by atoms with Crippen LogP contribution in [-0.2, 0) is 0 Å². The summed E-state index contributed by atoms with van der Waals surface area (Å²) >= 11 is 8.71. The number of carbonyl (C=O) groups excluding carboxylic acids is 1. The Morgan fingerprint density at radius 1 is 0.909 bits per heavy atom. The topological polar surface area (TPSA) is 50.4 Å². The first-order chi connectivity index (χ1) is 15.9. The molecule has 0 aliphatic heterocycles. The highest BCUT2D eigenvalue weighted by Crippen LogP contribution is 2.24. The van der Waals surface area contributed by atoms with Gasteiger partial charge in [-0.05, 0) is 50.7 Å². The fourth-order valence-corrected chi connectivity index (χ4v) is 4.33. The second kappa shape index (κ2) is 19.2. The molecular formula is C27H45BrN2O2S. The van der Waals surface area contributed by atoms with Crippen LogP contribution in [0.15, 0.2) is 22.7 Å². The van der Waals surface area contributed by atoms with Crippen LogP contribution in [0.3, 0.4) is 0 Å². The molecule has 0 aliphatic rings. The van der Waals surface area contributed by atoms with Crippen LogP contribution >= 0.6 is 28.1 Å². The molecule has 4 nitrogen and oxygen atoms in total. The van der Waals surface area contributed by atoms with Crippen molar-refractivity contribution in [3.05, 3.63) is 28.2 Å². The van der Waals surface area contributed by atoms with Gasteiger partial charge in [0.25, 0.3) is 5.91 Å². The zero-order chi connectivity index (χ0) is 24.3. The lowest BCUT2D eigenvalue weighted by atomic mass is 10.0. The third-order valence-corrected chi connectivity index (χ3v) is 6.33. The van der Waals surface area contributed by atoms with Crippen LogP contribution < -0.4 is 15.4 Å². The Bertz CT molecular complexity index is 682. The van der Waals surface area contributed by atoms with Crippen molar-refractivity contribution in [3.63, 3.8) is 0 Å². The van der Waals surface area contributed by atoms with E-state index in [1.54, 1.807) is 12.1 Å². The third kappa shape index (κ3) is 15.4. The van der Waals surface area contributed by atoms with Gasteiger partial charge in [-0.1, -0.05) is 106 Å². The molecule has 33 heavy (non-hydrogen) atoms. The molecule has 0 heterocycles. The highest BCUT2D eigenvalue weighted by atomic mass is 79.9. The average Bonchev–Trinajstić information content (AvgIpc) is 2.77. The number of thiocarbonyl (C=S) groups is 1. The molecule has 0 aromatic heterocycles. The predicted molar refractivity (Wildman–Crippen MR) is 148 cm³/mol. The maximum Gasteiger partial charge on any atom is 0.261 e. The zero-order valence-corrected chi connectivity index (χ0v) is 23.4. The number of hydrogen-bond donors (Lipinski definition) is 2. The molecule has 0 spiro atoms. The normalized spacial score (nSPS) is 10.9. The number of carbonyl (C=O) groups is 1. The van der Waals surface area contributed by atoms with Crippen molar-refractivity contribution in [2.24, 2.45) is 0 Å². The van der Waals surface area contributed by atoms with Gasteiger partial charge in [-0.25, -0.2) is 0 Å². The lowest BCUT2D eigenvalue weighted by molar-refractivity contribution is 0.0971. The minimum absolute atomic E-state index is 0.0110. The summed E-state index contributed by atoms with van der Waals surface area (Å²) in [6.07, 6.45) is 18.8. The smallest absolute Gasteiger partial charge is 0.261 e. The summed E-state index contributed by atoms with van der Waals surface area (Å²) in [6.45, 7) is 6.93. The Kier molecular flexibility index (Phi) is 17.4. The van der Waals surface area contributed by atoms with Crippen molar-refractivity contribution >= 4 is 39.2 Å². The quantitative estimate of drug-likeness (QED) is 0.145. The highest BCUT2D eigenvalue weighted by Gasteiger charge is 2.15. The molecule has 188 valence electrons. The fourth-order valence-electron chi connectivity index (χ4n) is 3.77.